The van der Waals surface area contributed by atoms with Crippen LogP contribution >= 0.6 is 11.6 Å². The largest absolute Gasteiger partial charge is 0.465 e. The Hall–Kier alpha value is -1.29. The first-order chi connectivity index (χ1) is 10.2. The summed E-state index contributed by atoms with van der Waals surface area (Å²) in [4.78, 5) is 0. The van der Waals surface area contributed by atoms with Gasteiger partial charge < -0.3 is 14.5 Å². The number of hydrogen-bond donors (Lipinski definition) is 1. The monoisotopic (exact) mass is 305 g/mol. The molecule has 1 aromatic carbocycles. The van der Waals surface area contributed by atoms with Crippen LogP contribution in [0.5, 0.6) is 0 Å². The molecule has 1 aliphatic carbocycles. The minimum Gasteiger partial charge on any atom is -0.465 e. The Bertz CT molecular complexity index is 605. The Morgan fingerprint density at radius 1 is 1.24 bits per heavy atom. The Kier molecular flexibility index (Phi) is 4.63. The zero-order chi connectivity index (χ0) is 14.7. The molecule has 0 amide bonds. The molecule has 0 saturated heterocycles. The van der Waals surface area contributed by atoms with Crippen LogP contribution < -0.4 is 5.32 Å². The highest BCUT2D eigenvalue weighted by Gasteiger charge is 2.20. The molecule has 0 aliphatic heterocycles. The SMILES string of the molecule is Cc1oc(CNC2CC2)cc1COCc1ccccc1Cl. The minimum absolute atomic E-state index is 0.514. The molecule has 1 aromatic heterocycles. The molecule has 112 valence electrons. The lowest BCUT2D eigenvalue weighted by molar-refractivity contribution is 0.106. The van der Waals surface area contributed by atoms with Gasteiger partial charge in [-0.25, -0.2) is 0 Å². The average Bonchev–Trinajstić information content (AvgIpc) is 3.23. The Morgan fingerprint density at radius 3 is 2.76 bits per heavy atom. The number of aryl methyl sites for hydroxylation is 1. The summed E-state index contributed by atoms with van der Waals surface area (Å²) < 4.78 is 11.5. The van der Waals surface area contributed by atoms with Crippen LogP contribution in [-0.2, 0) is 24.5 Å². The van der Waals surface area contributed by atoms with Crippen molar-refractivity contribution in [2.24, 2.45) is 0 Å². The predicted molar refractivity (Wildman–Crippen MR) is 83.3 cm³/mol. The van der Waals surface area contributed by atoms with Crippen LogP contribution in [0.2, 0.25) is 5.02 Å². The third-order valence-electron chi connectivity index (χ3n) is 3.69. The average molecular weight is 306 g/mol. The number of ether oxygens (including phenoxy) is 1. The van der Waals surface area contributed by atoms with Gasteiger partial charge >= 0.3 is 0 Å². The molecule has 1 heterocycles. The standard InChI is InChI=1S/C17H20ClNO2/c1-12-14(8-16(21-12)9-19-15-6-7-15)11-20-10-13-4-2-3-5-17(13)18/h2-5,8,15,19H,6-7,9-11H2,1H3. The van der Waals surface area contributed by atoms with Gasteiger partial charge in [-0.1, -0.05) is 29.8 Å². The third kappa shape index (κ3) is 4.10. The first-order valence-corrected chi connectivity index (χ1v) is 7.73. The summed E-state index contributed by atoms with van der Waals surface area (Å²) in [6.07, 6.45) is 2.57. The van der Waals surface area contributed by atoms with Gasteiger partial charge in [-0.3, -0.25) is 0 Å². The summed E-state index contributed by atoms with van der Waals surface area (Å²) in [5, 5.41) is 4.20. The number of rotatable bonds is 7. The lowest BCUT2D eigenvalue weighted by atomic mass is 10.2. The Balaban J connectivity index is 1.51. The fourth-order valence-electron chi connectivity index (χ4n) is 2.24. The van der Waals surface area contributed by atoms with E-state index in [1.807, 2.05) is 31.2 Å². The molecule has 4 heteroatoms. The molecule has 0 radical (unpaired) electrons. The van der Waals surface area contributed by atoms with Crippen LogP contribution in [0.1, 0.15) is 35.5 Å². The van der Waals surface area contributed by atoms with E-state index in [-0.39, 0.29) is 0 Å². The van der Waals surface area contributed by atoms with E-state index in [0.29, 0.717) is 19.3 Å². The van der Waals surface area contributed by atoms with Crippen LogP contribution in [0, 0.1) is 6.92 Å². The molecule has 0 bridgehead atoms. The van der Waals surface area contributed by atoms with Gasteiger partial charge in [0.25, 0.3) is 0 Å². The maximum Gasteiger partial charge on any atom is 0.118 e. The first-order valence-electron chi connectivity index (χ1n) is 7.35. The molecule has 0 atom stereocenters. The zero-order valence-electron chi connectivity index (χ0n) is 12.2. The summed E-state index contributed by atoms with van der Waals surface area (Å²) in [6.45, 7) is 3.84. The van der Waals surface area contributed by atoms with Gasteiger partial charge in [-0.2, -0.15) is 0 Å². The second-order valence-electron chi connectivity index (χ2n) is 5.53. The number of nitrogens with one attached hydrogen (secondary N) is 1. The fraction of sp³-hybridized carbons (Fsp3) is 0.412. The van der Waals surface area contributed by atoms with E-state index in [1.54, 1.807) is 0 Å². The van der Waals surface area contributed by atoms with Crippen LogP contribution in [-0.4, -0.2) is 6.04 Å². The van der Waals surface area contributed by atoms with E-state index in [4.69, 9.17) is 20.8 Å². The van der Waals surface area contributed by atoms with Crippen molar-refractivity contribution in [3.8, 4) is 0 Å². The zero-order valence-corrected chi connectivity index (χ0v) is 13.0. The van der Waals surface area contributed by atoms with Crippen molar-refractivity contribution in [3.63, 3.8) is 0 Å². The van der Waals surface area contributed by atoms with E-state index in [2.05, 4.69) is 11.4 Å². The number of benzene rings is 1. The molecule has 2 aromatic rings. The lowest BCUT2D eigenvalue weighted by Gasteiger charge is -2.05. The van der Waals surface area contributed by atoms with Crippen molar-refractivity contribution in [1.82, 2.24) is 5.32 Å². The first kappa shape index (κ1) is 14.6. The summed E-state index contributed by atoms with van der Waals surface area (Å²) >= 11 is 6.11. The van der Waals surface area contributed by atoms with Gasteiger partial charge in [0.15, 0.2) is 0 Å². The van der Waals surface area contributed by atoms with Gasteiger partial charge in [0.2, 0.25) is 0 Å². The second-order valence-corrected chi connectivity index (χ2v) is 5.94. The molecular formula is C17H20ClNO2. The molecule has 21 heavy (non-hydrogen) atoms. The van der Waals surface area contributed by atoms with Gasteiger partial charge in [-0.05, 0) is 37.5 Å². The van der Waals surface area contributed by atoms with Gasteiger partial charge in [0, 0.05) is 16.6 Å². The highest BCUT2D eigenvalue weighted by Crippen LogP contribution is 2.22. The predicted octanol–water partition coefficient (Wildman–Crippen LogP) is 4.21. The maximum atomic E-state index is 6.11. The highest BCUT2D eigenvalue weighted by molar-refractivity contribution is 6.31. The Labute approximate surface area is 130 Å². The summed E-state index contributed by atoms with van der Waals surface area (Å²) in [5.41, 5.74) is 2.12. The van der Waals surface area contributed by atoms with E-state index in [1.165, 1.54) is 12.8 Å². The maximum absolute atomic E-state index is 6.11. The quantitative estimate of drug-likeness (QED) is 0.832. The van der Waals surface area contributed by atoms with Gasteiger partial charge in [-0.15, -0.1) is 0 Å². The third-order valence-corrected chi connectivity index (χ3v) is 4.06. The van der Waals surface area contributed by atoms with E-state index >= 15 is 0 Å². The summed E-state index contributed by atoms with van der Waals surface area (Å²) in [5.74, 6) is 1.91. The molecule has 1 fully saturated rings. The topological polar surface area (TPSA) is 34.4 Å². The number of halogens is 1. The molecule has 3 rings (SSSR count). The van der Waals surface area contributed by atoms with Crippen molar-refractivity contribution >= 4 is 11.6 Å². The molecule has 0 unspecified atom stereocenters. The smallest absolute Gasteiger partial charge is 0.118 e. The van der Waals surface area contributed by atoms with E-state index < -0.39 is 0 Å². The van der Waals surface area contributed by atoms with E-state index in [0.717, 1.165) is 34.2 Å². The van der Waals surface area contributed by atoms with Crippen LogP contribution in [0.15, 0.2) is 34.7 Å². The molecule has 0 spiro atoms. The van der Waals surface area contributed by atoms with Crippen molar-refractivity contribution in [2.45, 2.75) is 45.6 Å². The highest BCUT2D eigenvalue weighted by atomic mass is 35.5. The number of furan rings is 1. The van der Waals surface area contributed by atoms with Crippen LogP contribution in [0.3, 0.4) is 0 Å². The lowest BCUT2D eigenvalue weighted by Crippen LogP contribution is -2.14. The van der Waals surface area contributed by atoms with E-state index in [9.17, 15) is 0 Å². The normalized spacial score (nSPS) is 14.6. The Morgan fingerprint density at radius 2 is 2.00 bits per heavy atom. The summed E-state index contributed by atoms with van der Waals surface area (Å²) in [6, 6.07) is 10.5. The van der Waals surface area contributed by atoms with Crippen molar-refractivity contribution in [2.75, 3.05) is 0 Å². The molecule has 1 saturated carbocycles. The van der Waals surface area contributed by atoms with Crippen molar-refractivity contribution in [3.05, 3.63) is 58.0 Å². The fourth-order valence-corrected chi connectivity index (χ4v) is 2.43. The van der Waals surface area contributed by atoms with Gasteiger partial charge in [0.1, 0.15) is 11.5 Å². The van der Waals surface area contributed by atoms with Gasteiger partial charge in [0.05, 0.1) is 19.8 Å². The van der Waals surface area contributed by atoms with Crippen molar-refractivity contribution in [1.29, 1.82) is 0 Å². The molecular weight excluding hydrogens is 286 g/mol. The summed E-state index contributed by atoms with van der Waals surface area (Å²) in [7, 11) is 0. The van der Waals surface area contributed by atoms with Crippen LogP contribution in [0.25, 0.3) is 0 Å². The molecule has 1 aliphatic rings. The molecule has 3 nitrogen and oxygen atoms in total. The minimum atomic E-state index is 0.514. The van der Waals surface area contributed by atoms with Crippen LogP contribution in [0.4, 0.5) is 0 Å². The number of hydrogen-bond acceptors (Lipinski definition) is 3. The second kappa shape index (κ2) is 6.65. The molecule has 1 N–H and O–H groups in total. The van der Waals surface area contributed by atoms with Crippen molar-refractivity contribution < 1.29 is 9.15 Å².